The average Bonchev–Trinajstić information content (AvgIpc) is 2.77. The number of hydrogen-bond acceptors (Lipinski definition) is 5. The van der Waals surface area contributed by atoms with Crippen molar-refractivity contribution in [3.05, 3.63) is 53.1 Å². The van der Waals surface area contributed by atoms with E-state index < -0.39 is 17.8 Å². The lowest BCUT2D eigenvalue weighted by atomic mass is 10.1. The molecule has 0 N–H and O–H groups in total. The van der Waals surface area contributed by atoms with Crippen molar-refractivity contribution in [2.75, 3.05) is 40.5 Å². The van der Waals surface area contributed by atoms with Crippen molar-refractivity contribution in [1.82, 2.24) is 4.90 Å². The third kappa shape index (κ3) is 5.41. The maximum absolute atomic E-state index is 13.0. The van der Waals surface area contributed by atoms with Crippen LogP contribution in [0.3, 0.4) is 0 Å². The van der Waals surface area contributed by atoms with Gasteiger partial charge in [0.1, 0.15) is 30.0 Å². The summed E-state index contributed by atoms with van der Waals surface area (Å²) >= 11 is 0. The van der Waals surface area contributed by atoms with Crippen LogP contribution in [0.1, 0.15) is 21.5 Å². The van der Waals surface area contributed by atoms with Gasteiger partial charge in [-0.2, -0.15) is 13.2 Å². The molecule has 1 unspecified atom stereocenters. The van der Waals surface area contributed by atoms with E-state index in [0.29, 0.717) is 30.2 Å². The van der Waals surface area contributed by atoms with E-state index in [0.717, 1.165) is 17.7 Å². The number of nitrogens with zero attached hydrogens (tertiary/aromatic N) is 1. The molecule has 1 atom stereocenters. The fourth-order valence-electron chi connectivity index (χ4n) is 3.35. The average molecular weight is 439 g/mol. The smallest absolute Gasteiger partial charge is 0.416 e. The Morgan fingerprint density at radius 3 is 2.45 bits per heavy atom. The fraction of sp³-hybridized carbons (Fsp3) is 0.409. The molecule has 0 aliphatic carbocycles. The molecule has 31 heavy (non-hydrogen) atoms. The molecule has 1 fully saturated rings. The summed E-state index contributed by atoms with van der Waals surface area (Å²) in [6.45, 7) is 2.78. The minimum atomic E-state index is -4.44. The van der Waals surface area contributed by atoms with E-state index in [1.807, 2.05) is 6.92 Å². The van der Waals surface area contributed by atoms with Crippen LogP contribution in [-0.4, -0.2) is 57.4 Å². The Labute approximate surface area is 178 Å². The third-order valence-electron chi connectivity index (χ3n) is 5.02. The van der Waals surface area contributed by atoms with Gasteiger partial charge in [0.2, 0.25) is 0 Å². The van der Waals surface area contributed by atoms with Crippen LogP contribution in [0.15, 0.2) is 36.4 Å². The molecule has 0 saturated carbocycles. The molecule has 0 spiro atoms. The van der Waals surface area contributed by atoms with Crippen molar-refractivity contribution in [3.8, 4) is 17.2 Å². The Morgan fingerprint density at radius 2 is 1.84 bits per heavy atom. The summed E-state index contributed by atoms with van der Waals surface area (Å²) < 4.78 is 60.4. The van der Waals surface area contributed by atoms with Gasteiger partial charge < -0.3 is 23.8 Å². The van der Waals surface area contributed by atoms with Gasteiger partial charge in [0.25, 0.3) is 5.91 Å². The monoisotopic (exact) mass is 439 g/mol. The quantitative estimate of drug-likeness (QED) is 0.682. The van der Waals surface area contributed by atoms with Crippen LogP contribution in [0.4, 0.5) is 13.2 Å². The van der Waals surface area contributed by atoms with Crippen molar-refractivity contribution >= 4 is 5.91 Å². The summed E-state index contributed by atoms with van der Waals surface area (Å²) in [6, 6.07) is 7.97. The van der Waals surface area contributed by atoms with Crippen molar-refractivity contribution in [2.45, 2.75) is 19.2 Å². The molecule has 0 aromatic heterocycles. The molecule has 0 radical (unpaired) electrons. The van der Waals surface area contributed by atoms with E-state index >= 15 is 0 Å². The lowest BCUT2D eigenvalue weighted by Crippen LogP contribution is -2.47. The highest BCUT2D eigenvalue weighted by atomic mass is 19.4. The van der Waals surface area contributed by atoms with Gasteiger partial charge in [-0.05, 0) is 37.3 Å². The number of benzene rings is 2. The Morgan fingerprint density at radius 1 is 1.16 bits per heavy atom. The molecule has 6 nitrogen and oxygen atoms in total. The van der Waals surface area contributed by atoms with E-state index in [-0.39, 0.29) is 24.8 Å². The van der Waals surface area contributed by atoms with Gasteiger partial charge in [-0.25, -0.2) is 0 Å². The highest BCUT2D eigenvalue weighted by molar-refractivity contribution is 5.95. The van der Waals surface area contributed by atoms with E-state index in [1.165, 1.54) is 26.4 Å². The van der Waals surface area contributed by atoms with Gasteiger partial charge in [-0.15, -0.1) is 0 Å². The standard InChI is InChI=1S/C22H24F3NO5/c1-14-19(28-2)9-15(10-20(14)29-3)21(27)26-7-8-30-18(12-26)13-31-17-6-4-5-16(11-17)22(23,24)25/h4-6,9-11,18H,7-8,12-13H2,1-3H3. The molecular formula is C22H24F3NO5. The molecule has 1 saturated heterocycles. The second-order valence-corrected chi connectivity index (χ2v) is 7.09. The van der Waals surface area contributed by atoms with Gasteiger partial charge in [-0.1, -0.05) is 6.07 Å². The van der Waals surface area contributed by atoms with E-state index in [9.17, 15) is 18.0 Å². The summed E-state index contributed by atoms with van der Waals surface area (Å²) in [4.78, 5) is 14.6. The van der Waals surface area contributed by atoms with Gasteiger partial charge in [-0.3, -0.25) is 4.79 Å². The number of rotatable bonds is 6. The summed E-state index contributed by atoms with van der Waals surface area (Å²) in [7, 11) is 3.04. The second kappa shape index (κ2) is 9.47. The molecule has 9 heteroatoms. The highest BCUT2D eigenvalue weighted by Crippen LogP contribution is 2.32. The summed E-state index contributed by atoms with van der Waals surface area (Å²) in [5.74, 6) is 0.958. The number of amides is 1. The van der Waals surface area contributed by atoms with Crippen LogP contribution in [0.5, 0.6) is 17.2 Å². The first kappa shape index (κ1) is 22.7. The number of morpholine rings is 1. The number of halogens is 3. The fourth-order valence-corrected chi connectivity index (χ4v) is 3.35. The van der Waals surface area contributed by atoms with Gasteiger partial charge in [0.15, 0.2) is 0 Å². The largest absolute Gasteiger partial charge is 0.496 e. The minimum absolute atomic E-state index is 0.0195. The zero-order valence-electron chi connectivity index (χ0n) is 17.5. The topological polar surface area (TPSA) is 57.2 Å². The molecule has 168 valence electrons. The van der Waals surface area contributed by atoms with Crippen LogP contribution in [-0.2, 0) is 10.9 Å². The first-order valence-corrected chi connectivity index (χ1v) is 9.66. The molecule has 1 aliphatic rings. The zero-order chi connectivity index (χ0) is 22.6. The number of methoxy groups -OCH3 is 2. The van der Waals surface area contributed by atoms with E-state index in [2.05, 4.69) is 0 Å². The van der Waals surface area contributed by atoms with Crippen LogP contribution in [0, 0.1) is 6.92 Å². The molecule has 1 aliphatic heterocycles. The molecular weight excluding hydrogens is 415 g/mol. The molecule has 2 aromatic rings. The van der Waals surface area contributed by atoms with Gasteiger partial charge in [0, 0.05) is 17.7 Å². The minimum Gasteiger partial charge on any atom is -0.496 e. The lowest BCUT2D eigenvalue weighted by Gasteiger charge is -2.33. The van der Waals surface area contributed by atoms with Crippen LogP contribution in [0.2, 0.25) is 0 Å². The summed E-state index contributed by atoms with van der Waals surface area (Å²) in [5.41, 5.74) is 0.420. The first-order chi connectivity index (χ1) is 14.7. The number of ether oxygens (including phenoxy) is 4. The van der Waals surface area contributed by atoms with Crippen LogP contribution in [0.25, 0.3) is 0 Å². The Bertz CT molecular complexity index is 907. The van der Waals surface area contributed by atoms with Crippen LogP contribution < -0.4 is 14.2 Å². The normalized spacial score (nSPS) is 16.7. The molecule has 1 heterocycles. The Balaban J connectivity index is 1.66. The number of carbonyl (C=O) groups excluding carboxylic acids is 1. The summed E-state index contributed by atoms with van der Waals surface area (Å²) in [5, 5.41) is 0. The highest BCUT2D eigenvalue weighted by Gasteiger charge is 2.31. The van der Waals surface area contributed by atoms with Crippen molar-refractivity contribution < 1.29 is 36.9 Å². The molecule has 3 rings (SSSR count). The maximum Gasteiger partial charge on any atom is 0.416 e. The first-order valence-electron chi connectivity index (χ1n) is 9.66. The van der Waals surface area contributed by atoms with Crippen molar-refractivity contribution in [3.63, 3.8) is 0 Å². The van der Waals surface area contributed by atoms with E-state index in [4.69, 9.17) is 18.9 Å². The van der Waals surface area contributed by atoms with Gasteiger partial charge >= 0.3 is 6.18 Å². The molecule has 2 aromatic carbocycles. The van der Waals surface area contributed by atoms with Crippen molar-refractivity contribution in [2.24, 2.45) is 0 Å². The number of carbonyl (C=O) groups is 1. The second-order valence-electron chi connectivity index (χ2n) is 7.09. The molecule has 0 bridgehead atoms. The van der Waals surface area contributed by atoms with Gasteiger partial charge in [0.05, 0.1) is 32.9 Å². The lowest BCUT2D eigenvalue weighted by molar-refractivity contribution is -0.137. The van der Waals surface area contributed by atoms with E-state index in [1.54, 1.807) is 17.0 Å². The maximum atomic E-state index is 13.0. The number of hydrogen-bond donors (Lipinski definition) is 0. The molecule has 1 amide bonds. The predicted octanol–water partition coefficient (Wildman–Crippen LogP) is 3.95. The zero-order valence-corrected chi connectivity index (χ0v) is 17.5. The van der Waals surface area contributed by atoms with Crippen molar-refractivity contribution in [1.29, 1.82) is 0 Å². The third-order valence-corrected chi connectivity index (χ3v) is 5.02. The Kier molecular flexibility index (Phi) is 6.94. The van der Waals surface area contributed by atoms with Crippen LogP contribution >= 0.6 is 0 Å². The predicted molar refractivity (Wildman–Crippen MR) is 107 cm³/mol. The Hall–Kier alpha value is -2.94. The number of alkyl halides is 3. The SMILES string of the molecule is COc1cc(C(=O)N2CCOC(COc3cccc(C(F)(F)F)c3)C2)cc(OC)c1C. The summed E-state index contributed by atoms with van der Waals surface area (Å²) in [6.07, 6.45) is -4.92.